The fourth-order valence-corrected chi connectivity index (χ4v) is 4.61. The second-order valence-electron chi connectivity index (χ2n) is 7.23. The van der Waals surface area contributed by atoms with Gasteiger partial charge in [0.05, 0.1) is 18.5 Å². The second-order valence-corrected chi connectivity index (χ2v) is 8.43. The van der Waals surface area contributed by atoms with Gasteiger partial charge >= 0.3 is 0 Å². The lowest BCUT2D eigenvalue weighted by atomic mass is 10.1. The Balaban J connectivity index is 1.74. The molecule has 1 aliphatic rings. The number of nitrogens with one attached hydrogen (secondary N) is 1. The van der Waals surface area contributed by atoms with Crippen LogP contribution in [0, 0.1) is 13.8 Å². The predicted molar refractivity (Wildman–Crippen MR) is 107 cm³/mol. The molecule has 1 aliphatic heterocycles. The van der Waals surface area contributed by atoms with Crippen molar-refractivity contribution in [3.05, 3.63) is 46.1 Å². The Hall–Kier alpha value is -2.31. The van der Waals surface area contributed by atoms with Crippen LogP contribution in [0.5, 0.6) is 11.6 Å². The van der Waals surface area contributed by atoms with Crippen LogP contribution in [0.3, 0.4) is 0 Å². The van der Waals surface area contributed by atoms with E-state index in [0.29, 0.717) is 17.2 Å². The van der Waals surface area contributed by atoms with E-state index in [1.54, 1.807) is 30.4 Å². The maximum atomic E-state index is 11.7. The summed E-state index contributed by atoms with van der Waals surface area (Å²) < 4.78 is 6.18. The number of nitrogens with zero attached hydrogens (tertiary/aromatic N) is 2. The van der Waals surface area contributed by atoms with Gasteiger partial charge in [0.15, 0.2) is 11.6 Å². The van der Waals surface area contributed by atoms with Gasteiger partial charge in [0.25, 0.3) is 0 Å². The van der Waals surface area contributed by atoms with Gasteiger partial charge < -0.3 is 9.64 Å². The van der Waals surface area contributed by atoms with Crippen molar-refractivity contribution in [2.45, 2.75) is 40.2 Å². The Morgan fingerprint density at radius 3 is 2.74 bits per heavy atom. The molecule has 0 radical (unpaired) electrons. The SMILES string of the molecule is CC(=O)c1cccc(Oc2nc(C[NH+]3CCCC3)nc3sc(C)c(C)c23)c1. The Kier molecular flexibility index (Phi) is 4.93. The summed E-state index contributed by atoms with van der Waals surface area (Å²) in [4.78, 5) is 25.0. The van der Waals surface area contributed by atoms with Crippen molar-refractivity contribution in [3.8, 4) is 11.6 Å². The van der Waals surface area contributed by atoms with Crippen molar-refractivity contribution in [2.24, 2.45) is 0 Å². The van der Waals surface area contributed by atoms with E-state index in [9.17, 15) is 4.79 Å². The summed E-state index contributed by atoms with van der Waals surface area (Å²) in [6.07, 6.45) is 2.55. The molecule has 1 fully saturated rings. The molecule has 4 rings (SSSR count). The first-order chi connectivity index (χ1) is 13.0. The predicted octanol–water partition coefficient (Wildman–Crippen LogP) is 3.48. The van der Waals surface area contributed by atoms with E-state index in [0.717, 1.165) is 28.1 Å². The molecule has 27 heavy (non-hydrogen) atoms. The lowest BCUT2D eigenvalue weighted by molar-refractivity contribution is -0.902. The smallest absolute Gasteiger partial charge is 0.231 e. The van der Waals surface area contributed by atoms with Crippen molar-refractivity contribution in [1.82, 2.24) is 9.97 Å². The number of carbonyl (C=O) groups excluding carboxylic acids is 1. The highest BCUT2D eigenvalue weighted by Crippen LogP contribution is 2.36. The summed E-state index contributed by atoms with van der Waals surface area (Å²) in [7, 11) is 0. The largest absolute Gasteiger partial charge is 0.438 e. The van der Waals surface area contributed by atoms with Gasteiger partial charge in [-0.3, -0.25) is 4.79 Å². The highest BCUT2D eigenvalue weighted by molar-refractivity contribution is 7.18. The number of aryl methyl sites for hydroxylation is 2. The number of Topliss-reactive ketones (excluding diaryl/α,β-unsaturated/α-hetero) is 1. The lowest BCUT2D eigenvalue weighted by Crippen LogP contribution is -3.08. The number of benzene rings is 1. The number of hydrogen-bond acceptors (Lipinski definition) is 5. The number of fused-ring (bicyclic) bond motifs is 1. The minimum Gasteiger partial charge on any atom is -0.438 e. The van der Waals surface area contributed by atoms with Gasteiger partial charge in [0, 0.05) is 23.3 Å². The zero-order valence-electron chi connectivity index (χ0n) is 16.0. The summed E-state index contributed by atoms with van der Waals surface area (Å²) in [5, 5.41) is 0.978. The second kappa shape index (κ2) is 7.37. The van der Waals surface area contributed by atoms with Gasteiger partial charge in [0.2, 0.25) is 5.88 Å². The van der Waals surface area contributed by atoms with Crippen LogP contribution in [-0.2, 0) is 6.54 Å². The molecule has 0 amide bonds. The molecule has 0 saturated carbocycles. The van der Waals surface area contributed by atoms with Gasteiger partial charge in [-0.15, -0.1) is 11.3 Å². The van der Waals surface area contributed by atoms with Crippen molar-refractivity contribution in [2.75, 3.05) is 13.1 Å². The fourth-order valence-electron chi connectivity index (χ4n) is 3.57. The number of ether oxygens (including phenoxy) is 1. The Labute approximate surface area is 163 Å². The minimum absolute atomic E-state index is 0.0224. The molecule has 1 aromatic carbocycles. The number of aromatic nitrogens is 2. The number of rotatable bonds is 5. The standard InChI is InChI=1S/C21H23N3O2S/c1-13-15(3)27-21-19(13)20(22-18(23-21)12-24-9-4-5-10-24)26-17-8-6-7-16(11-17)14(2)25/h6-8,11H,4-5,9-10,12H2,1-3H3/p+1. The topological polar surface area (TPSA) is 56.5 Å². The van der Waals surface area contributed by atoms with E-state index in [1.165, 1.54) is 35.7 Å². The quantitative estimate of drug-likeness (QED) is 0.687. The van der Waals surface area contributed by atoms with E-state index >= 15 is 0 Å². The number of carbonyl (C=O) groups is 1. The molecule has 140 valence electrons. The molecule has 0 aliphatic carbocycles. The van der Waals surface area contributed by atoms with E-state index in [2.05, 4.69) is 13.8 Å². The Morgan fingerprint density at radius 2 is 2.00 bits per heavy atom. The minimum atomic E-state index is 0.0224. The maximum Gasteiger partial charge on any atom is 0.231 e. The van der Waals surface area contributed by atoms with Crippen LogP contribution < -0.4 is 9.64 Å². The van der Waals surface area contributed by atoms with E-state index in [1.807, 2.05) is 12.1 Å². The van der Waals surface area contributed by atoms with Crippen molar-refractivity contribution >= 4 is 27.3 Å². The summed E-state index contributed by atoms with van der Waals surface area (Å²) >= 11 is 1.69. The molecule has 5 nitrogen and oxygen atoms in total. The molecular formula is C21H24N3O2S+. The number of quaternary nitrogens is 1. The van der Waals surface area contributed by atoms with Crippen LogP contribution in [0.25, 0.3) is 10.2 Å². The van der Waals surface area contributed by atoms with Crippen LogP contribution in [-0.4, -0.2) is 28.8 Å². The first-order valence-corrected chi connectivity index (χ1v) is 10.2. The zero-order valence-corrected chi connectivity index (χ0v) is 16.8. The number of thiophene rings is 1. The third kappa shape index (κ3) is 3.73. The number of likely N-dealkylation sites (tertiary alicyclic amines) is 1. The van der Waals surface area contributed by atoms with Crippen LogP contribution in [0.15, 0.2) is 24.3 Å². The van der Waals surface area contributed by atoms with Crippen LogP contribution in [0.4, 0.5) is 0 Å². The average molecular weight is 383 g/mol. The number of ketones is 1. The van der Waals surface area contributed by atoms with Crippen molar-refractivity contribution < 1.29 is 14.4 Å². The normalized spacial score (nSPS) is 14.8. The summed E-state index contributed by atoms with van der Waals surface area (Å²) in [5.74, 6) is 2.08. The van der Waals surface area contributed by atoms with Gasteiger partial charge in [0.1, 0.15) is 17.1 Å². The van der Waals surface area contributed by atoms with Crippen LogP contribution >= 0.6 is 11.3 Å². The molecule has 6 heteroatoms. The Bertz CT molecular complexity index is 1010. The molecule has 1 N–H and O–H groups in total. The highest BCUT2D eigenvalue weighted by Gasteiger charge is 2.21. The summed E-state index contributed by atoms with van der Waals surface area (Å²) in [5.41, 5.74) is 1.80. The fraction of sp³-hybridized carbons (Fsp3) is 0.381. The van der Waals surface area contributed by atoms with Gasteiger partial charge in [-0.2, -0.15) is 4.98 Å². The molecule has 3 heterocycles. The van der Waals surface area contributed by atoms with E-state index < -0.39 is 0 Å². The lowest BCUT2D eigenvalue weighted by Gasteiger charge is -2.13. The molecule has 0 atom stereocenters. The maximum absolute atomic E-state index is 11.7. The highest BCUT2D eigenvalue weighted by atomic mass is 32.1. The molecule has 1 saturated heterocycles. The molecule has 0 spiro atoms. The molecular weight excluding hydrogens is 358 g/mol. The average Bonchev–Trinajstić information content (AvgIpc) is 3.23. The van der Waals surface area contributed by atoms with Gasteiger partial charge in [-0.1, -0.05) is 12.1 Å². The zero-order chi connectivity index (χ0) is 19.0. The molecule has 0 bridgehead atoms. The van der Waals surface area contributed by atoms with E-state index in [-0.39, 0.29) is 5.78 Å². The Morgan fingerprint density at radius 1 is 1.22 bits per heavy atom. The molecule has 0 unspecified atom stereocenters. The third-order valence-corrected chi connectivity index (χ3v) is 6.32. The molecule has 3 aromatic rings. The van der Waals surface area contributed by atoms with Crippen LogP contribution in [0.1, 0.15) is 46.4 Å². The first kappa shape index (κ1) is 18.1. The number of hydrogen-bond donors (Lipinski definition) is 1. The van der Waals surface area contributed by atoms with E-state index in [4.69, 9.17) is 14.7 Å². The van der Waals surface area contributed by atoms with Crippen molar-refractivity contribution in [3.63, 3.8) is 0 Å². The van der Waals surface area contributed by atoms with Crippen molar-refractivity contribution in [1.29, 1.82) is 0 Å². The summed E-state index contributed by atoms with van der Waals surface area (Å²) in [6.45, 7) is 8.94. The van der Waals surface area contributed by atoms with Crippen LogP contribution in [0.2, 0.25) is 0 Å². The molecule has 2 aromatic heterocycles. The first-order valence-electron chi connectivity index (χ1n) is 9.40. The van der Waals surface area contributed by atoms with Gasteiger partial charge in [-0.25, -0.2) is 4.98 Å². The third-order valence-electron chi connectivity index (χ3n) is 5.22. The summed E-state index contributed by atoms with van der Waals surface area (Å²) in [6, 6.07) is 7.27. The van der Waals surface area contributed by atoms with Gasteiger partial charge in [-0.05, 0) is 38.5 Å². The monoisotopic (exact) mass is 382 g/mol.